The van der Waals surface area contributed by atoms with Gasteiger partial charge in [-0.25, -0.2) is 0 Å². The molecule has 6 N–H and O–H groups in total. The molecule has 0 saturated carbocycles. The summed E-state index contributed by atoms with van der Waals surface area (Å²) in [6, 6.07) is 0. The Bertz CT molecular complexity index is 60.0. The molecule has 0 atom stereocenters. The monoisotopic (exact) mass is 193 g/mol. The summed E-state index contributed by atoms with van der Waals surface area (Å²) < 4.78 is 1.41. The Labute approximate surface area is 94.9 Å². The van der Waals surface area contributed by atoms with Gasteiger partial charge in [0.15, 0.2) is 0 Å². The molecule has 0 radical (unpaired) electrons. The average Bonchev–Trinajstić information content (AvgIpc) is 1.63. The first-order valence-corrected chi connectivity index (χ1v) is 7.01. The number of rotatable bonds is 2. The molecular weight excluding hydrogens is 181 g/mol. The Hall–Kier alpha value is 1.65. The van der Waals surface area contributed by atoms with Crippen molar-refractivity contribution in [2.45, 2.75) is 6.94 Å². The van der Waals surface area contributed by atoms with Crippen molar-refractivity contribution < 1.29 is 19.2 Å². The van der Waals surface area contributed by atoms with Gasteiger partial charge in [-0.05, 0) is 0 Å². The molecule has 0 spiro atoms. The molecule has 0 aliphatic carbocycles. The Morgan fingerprint density at radius 2 is 1.50 bits per heavy atom. The Morgan fingerprint density at radius 3 is 1.50 bits per heavy atom. The zero-order valence-corrected chi connectivity index (χ0v) is 10.1. The summed E-state index contributed by atoms with van der Waals surface area (Å²) in [4.78, 5) is 29.3. The summed E-state index contributed by atoms with van der Waals surface area (Å²) in [5, 5.41) is 0. The number of hydrogen-bond donors (Lipinski definition) is 5. The largest absolute Gasteiger partial charge is 0.668 e. The fourth-order valence-corrected chi connectivity index (χ4v) is 0.842. The topological polar surface area (TPSA) is 107 Å². The summed E-state index contributed by atoms with van der Waals surface area (Å²) >= 11 is 1.03. The van der Waals surface area contributed by atoms with Gasteiger partial charge >= 0.3 is 77.2 Å². The van der Waals surface area contributed by atoms with Gasteiger partial charge in [-0.15, -0.1) is 0 Å². The minimum atomic E-state index is -4.61. The van der Waals surface area contributed by atoms with Crippen LogP contribution in [-0.4, -0.2) is 83.7 Å². The standard InChI is InChI=1S/C3H8N.K.H4O4Si/c1-2-3-4;;1-5(2,3)4/h1-4H2;;1-4H. The maximum atomic E-state index is 7.33. The van der Waals surface area contributed by atoms with E-state index >= 15 is 0 Å². The van der Waals surface area contributed by atoms with Crippen LogP contribution in [0.15, 0.2) is 0 Å². The van der Waals surface area contributed by atoms with Crippen molar-refractivity contribution >= 4 is 58.0 Å². The fraction of sp³-hybridized carbons (Fsp3) is 1.00. The van der Waals surface area contributed by atoms with E-state index in [1.807, 2.05) is 0 Å². The van der Waals surface area contributed by atoms with Gasteiger partial charge in [-0.1, -0.05) is 0 Å². The minimum Gasteiger partial charge on any atom is -0.368 e. The molecule has 0 aromatic heterocycles. The van der Waals surface area contributed by atoms with Crippen molar-refractivity contribution in [2.75, 3.05) is 6.54 Å². The Morgan fingerprint density at radius 1 is 1.20 bits per heavy atom. The van der Waals surface area contributed by atoms with E-state index < -0.39 is 9.05 Å². The quantitative estimate of drug-likeness (QED) is 0.307. The molecule has 58 valence electrons. The van der Waals surface area contributed by atoms with Crippen LogP contribution in [0.2, 0.25) is 0.515 Å². The molecule has 0 bridgehead atoms. The third kappa shape index (κ3) is 54.2. The summed E-state index contributed by atoms with van der Waals surface area (Å²) in [5.41, 5.74) is 5.17. The molecule has 0 saturated heterocycles. The molecule has 0 aliphatic heterocycles. The van der Waals surface area contributed by atoms with Gasteiger partial charge in [0, 0.05) is 0 Å². The molecule has 5 nitrogen and oxygen atoms in total. The normalized spacial score (nSPS) is 10.3. The van der Waals surface area contributed by atoms with Crippen molar-refractivity contribution in [3.8, 4) is 0 Å². The third-order valence-corrected chi connectivity index (χ3v) is 1.66. The first-order chi connectivity index (χ1) is 4.41. The minimum absolute atomic E-state index is 0.891. The van der Waals surface area contributed by atoms with Crippen molar-refractivity contribution in [3.63, 3.8) is 0 Å². The van der Waals surface area contributed by atoms with Crippen LogP contribution in [-0.2, 0) is 0 Å². The molecule has 0 fully saturated rings. The molecule has 0 aromatic carbocycles. The predicted octanol–water partition coefficient (Wildman–Crippen LogP) is -2.69. The van der Waals surface area contributed by atoms with Crippen LogP contribution in [0.4, 0.5) is 0 Å². The van der Waals surface area contributed by atoms with E-state index in [9.17, 15) is 0 Å². The predicted molar refractivity (Wildman–Crippen MR) is 38.9 cm³/mol. The van der Waals surface area contributed by atoms with Crippen molar-refractivity contribution in [1.29, 1.82) is 0 Å². The second-order valence-electron chi connectivity index (χ2n) is 1.74. The average molecular weight is 193 g/mol. The third-order valence-electron chi connectivity index (χ3n) is 0.558. The zero-order chi connectivity index (χ0) is 8.62. The molecule has 10 heavy (non-hydrogen) atoms. The van der Waals surface area contributed by atoms with Gasteiger partial charge in [-0.2, -0.15) is 0 Å². The Balaban J connectivity index is 0. The molecule has 0 amide bonds. The van der Waals surface area contributed by atoms with Crippen LogP contribution in [0.3, 0.4) is 0 Å². The van der Waals surface area contributed by atoms with Crippen molar-refractivity contribution in [1.82, 2.24) is 0 Å². The van der Waals surface area contributed by atoms with Gasteiger partial charge < -0.3 is 19.2 Å². The SMILES string of the molecule is NCC[CH2][K].O[Si](O)(O)O. The fourth-order valence-electron chi connectivity index (χ4n) is 0.204. The van der Waals surface area contributed by atoms with Crippen LogP contribution in [0, 0.1) is 0 Å². The van der Waals surface area contributed by atoms with E-state index in [2.05, 4.69) is 0 Å². The van der Waals surface area contributed by atoms with Gasteiger partial charge in [0.1, 0.15) is 0 Å². The summed E-state index contributed by atoms with van der Waals surface area (Å²) in [6.07, 6.45) is 1.25. The van der Waals surface area contributed by atoms with Gasteiger partial charge in [0.2, 0.25) is 0 Å². The van der Waals surface area contributed by atoms with E-state index in [0.717, 1.165) is 55.5 Å². The maximum absolute atomic E-state index is 7.33. The molecular formula is C3H12KNO4Si. The Kier molecular flexibility index (Phi) is 12.4. The second kappa shape index (κ2) is 8.75. The van der Waals surface area contributed by atoms with Crippen molar-refractivity contribution in [3.05, 3.63) is 0 Å². The van der Waals surface area contributed by atoms with Crippen LogP contribution in [0.1, 0.15) is 6.42 Å². The van der Waals surface area contributed by atoms with Gasteiger partial charge in [0.05, 0.1) is 0 Å². The summed E-state index contributed by atoms with van der Waals surface area (Å²) in [7, 11) is -4.61. The number of hydrogen-bond acceptors (Lipinski definition) is 5. The van der Waals surface area contributed by atoms with E-state index in [4.69, 9.17) is 24.9 Å². The van der Waals surface area contributed by atoms with E-state index in [1.165, 1.54) is 6.94 Å². The van der Waals surface area contributed by atoms with Crippen LogP contribution < -0.4 is 5.73 Å². The summed E-state index contributed by atoms with van der Waals surface area (Å²) in [5.74, 6) is 0. The van der Waals surface area contributed by atoms with E-state index in [1.54, 1.807) is 0 Å². The summed E-state index contributed by atoms with van der Waals surface area (Å²) in [6.45, 7) is 0.891. The zero-order valence-electron chi connectivity index (χ0n) is 5.99. The molecule has 7 heteroatoms. The van der Waals surface area contributed by atoms with E-state index in [0.29, 0.717) is 0 Å². The molecule has 0 aliphatic rings. The molecule has 0 unspecified atom stereocenters. The first-order valence-electron chi connectivity index (χ1n) is 3.01. The maximum Gasteiger partial charge on any atom is 0.668 e. The molecule has 0 heterocycles. The van der Waals surface area contributed by atoms with Gasteiger partial charge in [0.25, 0.3) is 0 Å². The van der Waals surface area contributed by atoms with Crippen molar-refractivity contribution in [2.24, 2.45) is 5.73 Å². The van der Waals surface area contributed by atoms with Crippen LogP contribution in [0.25, 0.3) is 0 Å². The van der Waals surface area contributed by atoms with Gasteiger partial charge in [-0.3, -0.25) is 0 Å². The molecule has 0 rings (SSSR count). The van der Waals surface area contributed by atoms with Crippen LogP contribution in [0.5, 0.6) is 0 Å². The smallest absolute Gasteiger partial charge is 0.368 e. The van der Waals surface area contributed by atoms with E-state index in [-0.39, 0.29) is 0 Å². The second-order valence-corrected chi connectivity index (χ2v) is 4.50. The first kappa shape index (κ1) is 14.2. The molecule has 0 aromatic rings. The van der Waals surface area contributed by atoms with Crippen LogP contribution >= 0.6 is 0 Å². The number of nitrogens with two attached hydrogens (primary N) is 1.